The van der Waals surface area contributed by atoms with Crippen LogP contribution in [0.25, 0.3) is 0 Å². The van der Waals surface area contributed by atoms with E-state index >= 15 is 0 Å². The normalized spacial score (nSPS) is 11.9. The highest BCUT2D eigenvalue weighted by molar-refractivity contribution is 7.73. The third kappa shape index (κ3) is 2.05. The van der Waals surface area contributed by atoms with Crippen LogP contribution in [0.5, 0.6) is 0 Å². The number of hydrogen-bond donors (Lipinski definition) is 0. The molecule has 0 spiro atoms. The monoisotopic (exact) mass is 132 g/mol. The van der Waals surface area contributed by atoms with Gasteiger partial charge in [0, 0.05) is 0 Å². The van der Waals surface area contributed by atoms with Crippen molar-refractivity contribution in [1.29, 1.82) is 0 Å². The van der Waals surface area contributed by atoms with E-state index in [1.165, 1.54) is 18.5 Å². The second kappa shape index (κ2) is 3.35. The number of hydrogen-bond acceptors (Lipinski definition) is 0. The summed E-state index contributed by atoms with van der Waals surface area (Å²) in [5.74, 6) is 0. The molecule has 0 aliphatic heterocycles. The molecule has 0 aliphatic rings. The Morgan fingerprint density at radius 3 is 1.25 bits per heavy atom. The maximum Gasteiger partial charge on any atom is -0.0361 e. The predicted octanol–water partition coefficient (Wildman–Crippen LogP) is 2.50. The quantitative estimate of drug-likeness (QED) is 0.517. The van der Waals surface area contributed by atoms with E-state index in [-0.39, 0.29) is 0 Å². The summed E-state index contributed by atoms with van der Waals surface area (Å²) in [4.78, 5) is 0. The van der Waals surface area contributed by atoms with Crippen LogP contribution >= 0.6 is 6.89 Å². The Hall–Kier alpha value is 0.300. The number of rotatable bonds is 3. The molecule has 50 valence electrons. The van der Waals surface area contributed by atoms with Gasteiger partial charge in [-0.05, 0) is 18.5 Å². The van der Waals surface area contributed by atoms with Crippen molar-refractivity contribution < 1.29 is 0 Å². The average Bonchev–Trinajstić information content (AvgIpc) is 1.87. The Labute approximate surface area is 53.3 Å². The standard InChI is InChI=1S/C7H17P/c1-5-8(4,6-2)7-3/h4-7H2,1-3H3. The van der Waals surface area contributed by atoms with Gasteiger partial charge >= 0.3 is 0 Å². The van der Waals surface area contributed by atoms with Crippen LogP contribution in [0.3, 0.4) is 0 Å². The maximum atomic E-state index is 4.24. The first kappa shape index (κ1) is 8.30. The van der Waals surface area contributed by atoms with Crippen LogP contribution in [-0.2, 0) is 0 Å². The second-order valence-corrected chi connectivity index (χ2v) is 6.87. The van der Waals surface area contributed by atoms with Crippen molar-refractivity contribution in [2.75, 3.05) is 18.5 Å². The van der Waals surface area contributed by atoms with E-state index < -0.39 is 6.89 Å². The van der Waals surface area contributed by atoms with Gasteiger partial charge in [0.25, 0.3) is 0 Å². The molecule has 0 saturated carbocycles. The Morgan fingerprint density at radius 2 is 1.25 bits per heavy atom. The molecule has 0 unspecified atom stereocenters. The van der Waals surface area contributed by atoms with Gasteiger partial charge in [-0.2, -0.15) is 0 Å². The molecule has 0 aliphatic carbocycles. The summed E-state index contributed by atoms with van der Waals surface area (Å²) in [5, 5.41) is 0. The van der Waals surface area contributed by atoms with Gasteiger partial charge in [-0.1, -0.05) is 20.8 Å². The molecule has 0 aromatic heterocycles. The lowest BCUT2D eigenvalue weighted by molar-refractivity contribution is 1.34. The molecule has 1 heteroatoms. The molecular formula is C7H17P. The van der Waals surface area contributed by atoms with Crippen molar-refractivity contribution in [3.05, 3.63) is 0 Å². The maximum absolute atomic E-state index is 4.24. The van der Waals surface area contributed by atoms with Gasteiger partial charge in [-0.25, -0.2) is 0 Å². The fraction of sp³-hybridized carbons (Fsp3) is 0.857. The minimum atomic E-state index is -0.662. The van der Waals surface area contributed by atoms with Crippen LogP contribution in [0.4, 0.5) is 0 Å². The van der Waals surface area contributed by atoms with Gasteiger partial charge in [-0.3, -0.25) is 0 Å². The molecule has 0 heterocycles. The summed E-state index contributed by atoms with van der Waals surface area (Å²) < 4.78 is 0. The zero-order valence-corrected chi connectivity index (χ0v) is 7.17. The smallest absolute Gasteiger partial charge is 0.0361 e. The Kier molecular flexibility index (Phi) is 3.48. The highest BCUT2D eigenvalue weighted by atomic mass is 31.2. The first-order valence-electron chi connectivity index (χ1n) is 3.39. The van der Waals surface area contributed by atoms with E-state index in [1.54, 1.807) is 0 Å². The van der Waals surface area contributed by atoms with Crippen molar-refractivity contribution in [1.82, 2.24) is 0 Å². The Bertz CT molecular complexity index is 75.5. The van der Waals surface area contributed by atoms with Crippen molar-refractivity contribution in [2.45, 2.75) is 20.8 Å². The van der Waals surface area contributed by atoms with Crippen LogP contribution in [0, 0.1) is 0 Å². The molecule has 8 heavy (non-hydrogen) atoms. The molecule has 0 N–H and O–H groups in total. The van der Waals surface area contributed by atoms with Crippen LogP contribution in [0.15, 0.2) is 0 Å². The van der Waals surface area contributed by atoms with E-state index in [2.05, 4.69) is 27.1 Å². The van der Waals surface area contributed by atoms with Crippen molar-refractivity contribution in [2.24, 2.45) is 0 Å². The molecular weight excluding hydrogens is 115 g/mol. The minimum absolute atomic E-state index is 0.662. The topological polar surface area (TPSA) is 0 Å². The van der Waals surface area contributed by atoms with Crippen LogP contribution in [0.1, 0.15) is 20.8 Å². The molecule has 0 radical (unpaired) electrons. The van der Waals surface area contributed by atoms with E-state index in [1.807, 2.05) is 0 Å². The minimum Gasteiger partial charge on any atom is -0.113 e. The molecule has 0 fully saturated rings. The van der Waals surface area contributed by atoms with E-state index in [0.717, 1.165) is 0 Å². The van der Waals surface area contributed by atoms with Crippen molar-refractivity contribution in [3.8, 4) is 0 Å². The van der Waals surface area contributed by atoms with Crippen LogP contribution < -0.4 is 0 Å². The molecule has 0 amide bonds. The van der Waals surface area contributed by atoms with Gasteiger partial charge in [0.1, 0.15) is 0 Å². The largest absolute Gasteiger partial charge is 0.113 e. The first-order chi connectivity index (χ1) is 3.68. The highest BCUT2D eigenvalue weighted by Crippen LogP contribution is 2.42. The van der Waals surface area contributed by atoms with Gasteiger partial charge < -0.3 is 0 Å². The fourth-order valence-electron chi connectivity index (χ4n) is 0.671. The summed E-state index contributed by atoms with van der Waals surface area (Å²) in [6.07, 6.45) is 8.19. The summed E-state index contributed by atoms with van der Waals surface area (Å²) in [7, 11) is 0. The van der Waals surface area contributed by atoms with Crippen LogP contribution in [0.2, 0.25) is 0 Å². The van der Waals surface area contributed by atoms with Crippen molar-refractivity contribution in [3.63, 3.8) is 0 Å². The van der Waals surface area contributed by atoms with Gasteiger partial charge in [0.15, 0.2) is 0 Å². The lowest BCUT2D eigenvalue weighted by atomic mass is 10.9. The molecule has 0 bridgehead atoms. The molecule has 0 atom stereocenters. The zero-order chi connectivity index (χ0) is 6.62. The summed E-state index contributed by atoms with van der Waals surface area (Å²) in [5.41, 5.74) is 0. The lowest BCUT2D eigenvalue weighted by Crippen LogP contribution is -1.91. The average molecular weight is 132 g/mol. The Morgan fingerprint density at radius 1 is 1.00 bits per heavy atom. The van der Waals surface area contributed by atoms with Crippen LogP contribution in [-0.4, -0.2) is 24.8 Å². The van der Waals surface area contributed by atoms with Gasteiger partial charge in [0.2, 0.25) is 0 Å². The first-order valence-corrected chi connectivity index (χ1v) is 5.92. The third-order valence-corrected chi connectivity index (χ3v) is 6.04. The zero-order valence-electron chi connectivity index (χ0n) is 6.28. The molecule has 0 rings (SSSR count). The molecule has 0 aromatic carbocycles. The summed E-state index contributed by atoms with van der Waals surface area (Å²) >= 11 is 0. The van der Waals surface area contributed by atoms with E-state index in [0.29, 0.717) is 0 Å². The van der Waals surface area contributed by atoms with Crippen molar-refractivity contribution >= 4 is 13.2 Å². The second-order valence-electron chi connectivity index (χ2n) is 2.29. The lowest BCUT2D eigenvalue weighted by Gasteiger charge is -2.17. The SMILES string of the molecule is C=P(CC)(CC)CC. The Balaban J connectivity index is 3.79. The summed E-state index contributed by atoms with van der Waals surface area (Å²) in [6, 6.07) is 0. The van der Waals surface area contributed by atoms with Gasteiger partial charge in [0.05, 0.1) is 0 Å². The fourth-order valence-corrected chi connectivity index (χ4v) is 2.01. The van der Waals surface area contributed by atoms with Gasteiger partial charge in [-0.15, -0.1) is 13.2 Å². The predicted molar refractivity (Wildman–Crippen MR) is 45.7 cm³/mol. The van der Waals surface area contributed by atoms with E-state index in [4.69, 9.17) is 0 Å². The summed E-state index contributed by atoms with van der Waals surface area (Å²) in [6.45, 7) is 6.11. The highest BCUT2D eigenvalue weighted by Gasteiger charge is 2.03. The third-order valence-electron chi connectivity index (χ3n) is 2.01. The molecule has 0 aromatic rings. The van der Waals surface area contributed by atoms with E-state index in [9.17, 15) is 0 Å². The molecule has 0 nitrogen and oxygen atoms in total. The molecule has 0 saturated heterocycles.